The van der Waals surface area contributed by atoms with Crippen LogP contribution in [-0.4, -0.2) is 28.0 Å². The fraction of sp³-hybridized carbons (Fsp3) is 0.227. The number of hydrogen-bond acceptors (Lipinski definition) is 5. The highest BCUT2D eigenvalue weighted by Gasteiger charge is 2.21. The highest BCUT2D eigenvalue weighted by atomic mass is 32.2. The zero-order chi connectivity index (χ0) is 20.2. The average molecular weight is 407 g/mol. The Balaban J connectivity index is 1.57. The standard InChI is InChI=1S/C22H21N3O3S/c1-15(26)28-12-5-4-11-25-14-16(17-7-6-10-23-21(17)25)13-20-22(27)24-18-8-2-3-9-19(18)29-20/h2-3,6-10,13-14H,4-5,11-12H2,1H3,(H,24,27)/b20-13-. The van der Waals surface area contributed by atoms with Crippen LogP contribution in [0.1, 0.15) is 25.3 Å². The van der Waals surface area contributed by atoms with E-state index < -0.39 is 0 Å². The van der Waals surface area contributed by atoms with E-state index in [-0.39, 0.29) is 11.9 Å². The number of anilines is 1. The van der Waals surface area contributed by atoms with Crippen molar-refractivity contribution in [3.63, 3.8) is 0 Å². The maximum absolute atomic E-state index is 12.5. The number of nitrogens with zero attached hydrogens (tertiary/aromatic N) is 2. The third kappa shape index (κ3) is 4.35. The van der Waals surface area contributed by atoms with Crippen molar-refractivity contribution in [2.75, 3.05) is 11.9 Å². The van der Waals surface area contributed by atoms with Crippen molar-refractivity contribution in [1.29, 1.82) is 0 Å². The van der Waals surface area contributed by atoms with Gasteiger partial charge in [-0.2, -0.15) is 0 Å². The molecule has 0 saturated carbocycles. The smallest absolute Gasteiger partial charge is 0.302 e. The van der Waals surface area contributed by atoms with Gasteiger partial charge in [0.1, 0.15) is 5.65 Å². The summed E-state index contributed by atoms with van der Waals surface area (Å²) in [6, 6.07) is 11.7. The van der Waals surface area contributed by atoms with E-state index in [0.717, 1.165) is 46.6 Å². The molecule has 0 atom stereocenters. The molecule has 4 rings (SSSR count). The Morgan fingerprint density at radius 3 is 2.97 bits per heavy atom. The van der Waals surface area contributed by atoms with Crippen LogP contribution in [0.15, 0.2) is 58.6 Å². The van der Waals surface area contributed by atoms with Crippen molar-refractivity contribution in [3.8, 4) is 0 Å². The summed E-state index contributed by atoms with van der Waals surface area (Å²) in [5, 5.41) is 3.96. The Labute approximate surface area is 173 Å². The first-order valence-corrected chi connectivity index (χ1v) is 10.3. The maximum Gasteiger partial charge on any atom is 0.302 e. The number of hydrogen-bond donors (Lipinski definition) is 1. The van der Waals surface area contributed by atoms with Gasteiger partial charge in [0.15, 0.2) is 0 Å². The number of unbranched alkanes of at least 4 members (excludes halogenated alkanes) is 1. The van der Waals surface area contributed by atoms with Gasteiger partial charge in [-0.05, 0) is 43.2 Å². The van der Waals surface area contributed by atoms with E-state index in [2.05, 4.69) is 14.9 Å². The van der Waals surface area contributed by atoms with Gasteiger partial charge in [0, 0.05) is 41.7 Å². The maximum atomic E-state index is 12.5. The average Bonchev–Trinajstić information content (AvgIpc) is 3.06. The normalized spacial score (nSPS) is 14.7. The first-order valence-electron chi connectivity index (χ1n) is 9.49. The van der Waals surface area contributed by atoms with Crippen molar-refractivity contribution >= 4 is 46.4 Å². The van der Waals surface area contributed by atoms with Gasteiger partial charge in [0.05, 0.1) is 17.2 Å². The molecule has 1 aromatic carbocycles. The van der Waals surface area contributed by atoms with Crippen molar-refractivity contribution in [3.05, 3.63) is 59.3 Å². The first kappa shape index (κ1) is 19.3. The number of ether oxygens (including phenoxy) is 1. The summed E-state index contributed by atoms with van der Waals surface area (Å²) < 4.78 is 7.09. The minimum Gasteiger partial charge on any atom is -0.466 e. The minimum absolute atomic E-state index is 0.0973. The number of rotatable bonds is 6. The number of thioether (sulfide) groups is 1. The molecule has 1 aliphatic heterocycles. The number of nitrogens with one attached hydrogen (secondary N) is 1. The zero-order valence-corrected chi connectivity index (χ0v) is 16.9. The number of aromatic nitrogens is 2. The molecule has 0 unspecified atom stereocenters. The van der Waals surface area contributed by atoms with Crippen LogP contribution in [0.25, 0.3) is 17.1 Å². The molecule has 1 N–H and O–H groups in total. The zero-order valence-electron chi connectivity index (χ0n) is 16.1. The Morgan fingerprint density at radius 1 is 1.24 bits per heavy atom. The Morgan fingerprint density at radius 2 is 2.10 bits per heavy atom. The van der Waals surface area contributed by atoms with E-state index in [1.807, 2.05) is 48.7 Å². The number of pyridine rings is 1. The second-order valence-electron chi connectivity index (χ2n) is 6.76. The molecule has 0 spiro atoms. The Hall–Kier alpha value is -3.06. The molecule has 0 radical (unpaired) electrons. The van der Waals surface area contributed by atoms with E-state index in [1.165, 1.54) is 18.7 Å². The molecule has 0 aliphatic carbocycles. The Bertz CT molecular complexity index is 1100. The molecule has 29 heavy (non-hydrogen) atoms. The van der Waals surface area contributed by atoms with Crippen LogP contribution in [0.5, 0.6) is 0 Å². The van der Waals surface area contributed by atoms with Gasteiger partial charge >= 0.3 is 5.97 Å². The topological polar surface area (TPSA) is 73.2 Å². The molecule has 6 nitrogen and oxygen atoms in total. The van der Waals surface area contributed by atoms with Crippen LogP contribution in [0, 0.1) is 0 Å². The molecule has 0 fully saturated rings. The fourth-order valence-corrected chi connectivity index (χ4v) is 4.22. The molecule has 7 heteroatoms. The summed E-state index contributed by atoms with van der Waals surface area (Å²) in [7, 11) is 0. The summed E-state index contributed by atoms with van der Waals surface area (Å²) in [4.78, 5) is 29.6. The summed E-state index contributed by atoms with van der Waals surface area (Å²) in [6.07, 6.45) is 7.39. The number of carbonyl (C=O) groups is 2. The first-order chi connectivity index (χ1) is 14.1. The number of amides is 1. The van der Waals surface area contributed by atoms with Gasteiger partial charge in [-0.3, -0.25) is 9.59 Å². The molecule has 1 amide bonds. The van der Waals surface area contributed by atoms with Crippen molar-refractivity contribution in [2.24, 2.45) is 0 Å². The second-order valence-corrected chi connectivity index (χ2v) is 7.84. The number of fused-ring (bicyclic) bond motifs is 2. The van der Waals surface area contributed by atoms with E-state index in [1.54, 1.807) is 6.20 Å². The lowest BCUT2D eigenvalue weighted by Crippen LogP contribution is -2.16. The number of esters is 1. The lowest BCUT2D eigenvalue weighted by molar-refractivity contribution is -0.141. The molecular formula is C22H21N3O3S. The molecule has 3 aromatic rings. The quantitative estimate of drug-likeness (QED) is 0.371. The molecule has 148 valence electrons. The van der Waals surface area contributed by atoms with Gasteiger partial charge in [0.25, 0.3) is 5.91 Å². The monoisotopic (exact) mass is 407 g/mol. The van der Waals surface area contributed by atoms with E-state index in [4.69, 9.17) is 4.74 Å². The van der Waals surface area contributed by atoms with E-state index in [9.17, 15) is 9.59 Å². The summed E-state index contributed by atoms with van der Waals surface area (Å²) in [5.74, 6) is -0.350. The predicted octanol–water partition coefficient (Wildman–Crippen LogP) is 4.46. The van der Waals surface area contributed by atoms with Crippen molar-refractivity contribution in [1.82, 2.24) is 9.55 Å². The molecule has 0 saturated heterocycles. The van der Waals surface area contributed by atoms with Crippen molar-refractivity contribution < 1.29 is 14.3 Å². The fourth-order valence-electron chi connectivity index (χ4n) is 3.28. The number of para-hydroxylation sites is 1. The molecule has 1 aliphatic rings. The van der Waals surface area contributed by atoms with Gasteiger partial charge in [0.2, 0.25) is 0 Å². The second kappa shape index (κ2) is 8.53. The number of carbonyl (C=O) groups excluding carboxylic acids is 2. The lowest BCUT2D eigenvalue weighted by Gasteiger charge is -2.18. The summed E-state index contributed by atoms with van der Waals surface area (Å²) in [5.41, 5.74) is 2.69. The number of aryl methyl sites for hydroxylation is 1. The SMILES string of the molecule is CC(=O)OCCCCn1cc(/C=C2\Sc3ccccc3NC2=O)c2cccnc21. The van der Waals surface area contributed by atoms with Crippen LogP contribution in [-0.2, 0) is 20.9 Å². The van der Waals surface area contributed by atoms with Crippen molar-refractivity contribution in [2.45, 2.75) is 31.2 Å². The predicted molar refractivity (Wildman–Crippen MR) is 115 cm³/mol. The largest absolute Gasteiger partial charge is 0.466 e. The van der Waals surface area contributed by atoms with Gasteiger partial charge < -0.3 is 14.6 Å². The highest BCUT2D eigenvalue weighted by Crippen LogP contribution is 2.39. The van der Waals surface area contributed by atoms with Crippen LogP contribution in [0.3, 0.4) is 0 Å². The summed E-state index contributed by atoms with van der Waals surface area (Å²) >= 11 is 1.48. The Kier molecular flexibility index (Phi) is 5.67. The van der Waals surface area contributed by atoms with Gasteiger partial charge in [-0.25, -0.2) is 4.98 Å². The van der Waals surface area contributed by atoms with Crippen LogP contribution < -0.4 is 5.32 Å². The molecule has 3 heterocycles. The highest BCUT2D eigenvalue weighted by molar-refractivity contribution is 8.04. The third-order valence-corrected chi connectivity index (χ3v) is 5.73. The van der Waals surface area contributed by atoms with Crippen LogP contribution in [0.4, 0.5) is 5.69 Å². The third-order valence-electron chi connectivity index (χ3n) is 4.63. The van der Waals surface area contributed by atoms with Gasteiger partial charge in [-0.1, -0.05) is 23.9 Å². The number of benzene rings is 1. The minimum atomic E-state index is -0.253. The van der Waals surface area contributed by atoms with Crippen LogP contribution in [0.2, 0.25) is 0 Å². The van der Waals surface area contributed by atoms with Gasteiger partial charge in [-0.15, -0.1) is 0 Å². The van der Waals surface area contributed by atoms with Crippen LogP contribution >= 0.6 is 11.8 Å². The molecular weight excluding hydrogens is 386 g/mol. The lowest BCUT2D eigenvalue weighted by atomic mass is 10.2. The van der Waals surface area contributed by atoms with E-state index in [0.29, 0.717) is 11.5 Å². The molecule has 2 aromatic heterocycles. The molecule has 0 bridgehead atoms. The van der Waals surface area contributed by atoms with E-state index >= 15 is 0 Å². The summed E-state index contributed by atoms with van der Waals surface area (Å²) in [6.45, 7) is 2.61.